The quantitative estimate of drug-likeness (QED) is 0.194. The molecule has 350 valence electrons. The number of hydrogen-bond donors (Lipinski definition) is 3. The summed E-state index contributed by atoms with van der Waals surface area (Å²) in [5.74, 6) is 9.64. The first-order valence-corrected chi connectivity index (χ1v) is 28.9. The highest BCUT2D eigenvalue weighted by molar-refractivity contribution is 5.05. The van der Waals surface area contributed by atoms with Crippen LogP contribution in [0, 0.1) is 94.2 Å². The lowest BCUT2D eigenvalue weighted by Gasteiger charge is -2.57. The van der Waals surface area contributed by atoms with Crippen LogP contribution in [0.4, 0.5) is 0 Å². The van der Waals surface area contributed by atoms with Crippen molar-refractivity contribution in [3.63, 3.8) is 0 Å². The summed E-state index contributed by atoms with van der Waals surface area (Å²) in [5.41, 5.74) is 0.261. The van der Waals surface area contributed by atoms with E-state index in [2.05, 4.69) is 6.92 Å². The molecule has 9 aliphatic rings. The molecule has 3 nitrogen and oxygen atoms in total. The molecule has 9 saturated carbocycles. The van der Waals surface area contributed by atoms with Crippen molar-refractivity contribution >= 4 is 0 Å². The second kappa shape index (κ2) is 21.7. The largest absolute Gasteiger partial charge is 0.393 e. The molecule has 0 aromatic carbocycles. The van der Waals surface area contributed by atoms with E-state index in [0.29, 0.717) is 47.3 Å². The molecule has 0 aromatic rings. The zero-order valence-electron chi connectivity index (χ0n) is 40.1. The van der Waals surface area contributed by atoms with Crippen LogP contribution in [-0.4, -0.2) is 33.6 Å². The molecule has 3 heteroatoms. The maximum absolute atomic E-state index is 12.7. The lowest BCUT2D eigenvalue weighted by atomic mass is 9.48. The molecule has 0 aliphatic heterocycles. The van der Waals surface area contributed by atoms with Crippen LogP contribution in [-0.2, 0) is 0 Å². The Hall–Kier alpha value is -0.120. The molecule has 6 unspecified atom stereocenters. The Morgan fingerprint density at radius 3 is 0.754 bits per heavy atom. The smallest absolute Gasteiger partial charge is 0.0602 e. The summed E-state index contributed by atoms with van der Waals surface area (Å²) in [6, 6.07) is 0. The number of hydrogen-bond acceptors (Lipinski definition) is 3. The van der Waals surface area contributed by atoms with Crippen LogP contribution in [0.5, 0.6) is 0 Å². The molecule has 0 amide bonds. The molecule has 0 bridgehead atoms. The van der Waals surface area contributed by atoms with Crippen LogP contribution < -0.4 is 0 Å². The van der Waals surface area contributed by atoms with Gasteiger partial charge in [0.05, 0.1) is 18.3 Å². The Labute approximate surface area is 377 Å². The predicted octanol–water partition coefficient (Wildman–Crippen LogP) is 15.3. The zero-order valence-corrected chi connectivity index (χ0v) is 40.1. The second-order valence-corrected chi connectivity index (χ2v) is 25.6. The van der Waals surface area contributed by atoms with E-state index in [4.69, 9.17) is 0 Å². The van der Waals surface area contributed by atoms with Crippen molar-refractivity contribution in [1.29, 1.82) is 0 Å². The van der Waals surface area contributed by atoms with Gasteiger partial charge >= 0.3 is 0 Å². The lowest BCUT2D eigenvalue weighted by molar-refractivity contribution is -0.129. The van der Waals surface area contributed by atoms with Gasteiger partial charge < -0.3 is 15.3 Å². The summed E-state index contributed by atoms with van der Waals surface area (Å²) < 4.78 is 0. The van der Waals surface area contributed by atoms with Gasteiger partial charge in [-0.1, -0.05) is 200 Å². The van der Waals surface area contributed by atoms with Crippen LogP contribution in [0.2, 0.25) is 0 Å². The molecule has 0 radical (unpaired) electrons. The summed E-state index contributed by atoms with van der Waals surface area (Å²) in [6.45, 7) is 2.89. The minimum Gasteiger partial charge on any atom is -0.393 e. The van der Waals surface area contributed by atoms with E-state index in [9.17, 15) is 15.3 Å². The second-order valence-electron chi connectivity index (χ2n) is 25.6. The minimum absolute atomic E-state index is 0.0616. The molecule has 9 rings (SSSR count). The fourth-order valence-electron chi connectivity index (χ4n) is 18.9. The van der Waals surface area contributed by atoms with Gasteiger partial charge in [-0.2, -0.15) is 0 Å². The normalized spacial score (nSPS) is 42.9. The van der Waals surface area contributed by atoms with Crippen molar-refractivity contribution in [2.75, 3.05) is 0 Å². The first kappa shape index (κ1) is 46.0. The van der Waals surface area contributed by atoms with Gasteiger partial charge in [-0.25, -0.2) is 0 Å². The Kier molecular flexibility index (Phi) is 16.3. The number of rotatable bonds is 11. The summed E-state index contributed by atoms with van der Waals surface area (Å²) >= 11 is 0. The van der Waals surface area contributed by atoms with Gasteiger partial charge in [-0.05, 0) is 146 Å². The first-order valence-electron chi connectivity index (χ1n) is 28.9. The van der Waals surface area contributed by atoms with E-state index < -0.39 is 0 Å². The molecular weight excluding hydrogens is 745 g/mol. The molecule has 6 atom stereocenters. The molecular formula is C58H100O3. The molecule has 0 spiro atoms. The third-order valence-electron chi connectivity index (χ3n) is 22.6. The van der Waals surface area contributed by atoms with Crippen molar-refractivity contribution < 1.29 is 15.3 Å². The van der Waals surface area contributed by atoms with Crippen molar-refractivity contribution in [2.45, 2.75) is 269 Å². The molecule has 0 aromatic heterocycles. The third kappa shape index (κ3) is 10.6. The highest BCUT2D eigenvalue weighted by atomic mass is 16.3. The van der Waals surface area contributed by atoms with Gasteiger partial charge in [0.1, 0.15) is 0 Å². The van der Waals surface area contributed by atoms with Gasteiger partial charge in [0.2, 0.25) is 0 Å². The van der Waals surface area contributed by atoms with E-state index >= 15 is 0 Å². The van der Waals surface area contributed by atoms with Crippen molar-refractivity contribution in [3.05, 3.63) is 0 Å². The molecule has 61 heavy (non-hydrogen) atoms. The van der Waals surface area contributed by atoms with Crippen molar-refractivity contribution in [3.8, 4) is 0 Å². The average Bonchev–Trinajstić information content (AvgIpc) is 3.33. The molecule has 3 N–H and O–H groups in total. The van der Waals surface area contributed by atoms with Crippen LogP contribution in [0.1, 0.15) is 251 Å². The number of aliphatic hydroxyl groups excluding tert-OH is 3. The van der Waals surface area contributed by atoms with Gasteiger partial charge in [-0.15, -0.1) is 0 Å². The zero-order chi connectivity index (χ0) is 41.8. The lowest BCUT2D eigenvalue weighted by Crippen LogP contribution is -2.53. The molecule has 0 heterocycles. The summed E-state index contributed by atoms with van der Waals surface area (Å²) in [5, 5.41) is 37.8. The monoisotopic (exact) mass is 845 g/mol. The maximum Gasteiger partial charge on any atom is 0.0602 e. The highest BCUT2D eigenvalue weighted by Gasteiger charge is 2.55. The standard InChI is InChI=1S/C58H100O3/c1-58(47-36-51(43-24-12-4-13-25-43)56(60)52(37-47)44-26-14-5-15-27-44,48-38-53(45-28-16-6-17-29-45)57(61)54(39-48)46-30-18-7-19-31-46)33-32-40-34-49(41-20-8-2-9-21-41)55(59)50(35-40)42-22-10-3-11-23-42/h40-57,59-61H,2-39H2,1H3. The Bertz CT molecular complexity index is 1130. The molecule has 9 fully saturated rings. The molecule has 9 aliphatic carbocycles. The summed E-state index contributed by atoms with van der Waals surface area (Å²) in [6.07, 6.45) is 51.7. The fourth-order valence-corrected chi connectivity index (χ4v) is 18.9. The van der Waals surface area contributed by atoms with E-state index in [0.717, 1.165) is 41.4 Å². The Balaban J connectivity index is 1.05. The minimum atomic E-state index is -0.0859. The maximum atomic E-state index is 12.7. The van der Waals surface area contributed by atoms with Gasteiger partial charge in [0, 0.05) is 0 Å². The predicted molar refractivity (Wildman–Crippen MR) is 254 cm³/mol. The average molecular weight is 845 g/mol. The third-order valence-corrected chi connectivity index (χ3v) is 22.6. The van der Waals surface area contributed by atoms with Gasteiger partial charge in [-0.3, -0.25) is 0 Å². The van der Waals surface area contributed by atoms with Crippen molar-refractivity contribution in [1.82, 2.24) is 0 Å². The van der Waals surface area contributed by atoms with Crippen molar-refractivity contribution in [2.24, 2.45) is 94.2 Å². The van der Waals surface area contributed by atoms with E-state index in [-0.39, 0.29) is 23.7 Å². The first-order chi connectivity index (χ1) is 29.9. The Morgan fingerprint density at radius 2 is 0.525 bits per heavy atom. The van der Waals surface area contributed by atoms with Crippen LogP contribution >= 0.6 is 0 Å². The summed E-state index contributed by atoms with van der Waals surface area (Å²) in [4.78, 5) is 0. The van der Waals surface area contributed by atoms with Crippen LogP contribution in [0.3, 0.4) is 0 Å². The fraction of sp³-hybridized carbons (Fsp3) is 1.00. The van der Waals surface area contributed by atoms with Gasteiger partial charge in [0.25, 0.3) is 0 Å². The topological polar surface area (TPSA) is 60.7 Å². The van der Waals surface area contributed by atoms with Gasteiger partial charge in [0.15, 0.2) is 0 Å². The van der Waals surface area contributed by atoms with E-state index in [1.54, 1.807) is 0 Å². The van der Waals surface area contributed by atoms with E-state index in [1.807, 2.05) is 0 Å². The highest BCUT2D eigenvalue weighted by Crippen LogP contribution is 2.61. The van der Waals surface area contributed by atoms with E-state index in [1.165, 1.54) is 244 Å². The molecule has 0 saturated heterocycles. The Morgan fingerprint density at radius 1 is 0.311 bits per heavy atom. The van der Waals surface area contributed by atoms with Crippen LogP contribution in [0.25, 0.3) is 0 Å². The summed E-state index contributed by atoms with van der Waals surface area (Å²) in [7, 11) is 0. The SMILES string of the molecule is CC(CCC1CC(C2CCCCC2)C(O)C(C2CCCCC2)C1)(C1CC(C2CCCCC2)C(O)C(C2CCCCC2)C1)C1CC(C2CCCCC2)C(O)C(C2CCCCC2)C1. The number of aliphatic hydroxyl groups is 3. The van der Waals surface area contributed by atoms with Crippen LogP contribution in [0.15, 0.2) is 0 Å².